The van der Waals surface area contributed by atoms with E-state index >= 15 is 0 Å². The first-order valence-electron chi connectivity index (χ1n) is 18.2. The summed E-state index contributed by atoms with van der Waals surface area (Å²) in [5.41, 5.74) is 1.10. The van der Waals surface area contributed by atoms with E-state index < -0.39 is 5.97 Å². The molecule has 0 aliphatic heterocycles. The summed E-state index contributed by atoms with van der Waals surface area (Å²) in [5.74, 6) is 6.57. The number of benzene rings is 1. The van der Waals surface area contributed by atoms with Gasteiger partial charge in [-0.1, -0.05) is 93.7 Å². The lowest BCUT2D eigenvalue weighted by Gasteiger charge is -2.36. The summed E-state index contributed by atoms with van der Waals surface area (Å²) in [6.07, 6.45) is 11.2. The third-order valence-corrected chi connectivity index (χ3v) is 11.8. The summed E-state index contributed by atoms with van der Waals surface area (Å²) < 4.78 is 5.17. The van der Waals surface area contributed by atoms with Crippen molar-refractivity contribution in [3.05, 3.63) is 29.8 Å². The number of ketones is 1. The fraction of sp³-hybridized carbons (Fsp3) is 0.800. The van der Waals surface area contributed by atoms with Gasteiger partial charge in [0.25, 0.3) is 0 Å². The molecule has 3 aliphatic rings. The average molecular weight is 647 g/mol. The molecule has 0 heterocycles. The molecule has 0 saturated heterocycles. The first-order valence-corrected chi connectivity index (χ1v) is 18.6. The van der Waals surface area contributed by atoms with Crippen LogP contribution in [0.1, 0.15) is 126 Å². The van der Waals surface area contributed by atoms with Crippen molar-refractivity contribution in [2.45, 2.75) is 132 Å². The maximum absolute atomic E-state index is 12.8. The Balaban J connectivity index is 0.000000252. The van der Waals surface area contributed by atoms with Crippen LogP contribution in [-0.4, -0.2) is 29.3 Å². The van der Waals surface area contributed by atoms with Crippen LogP contribution in [-0.2, 0) is 16.0 Å². The van der Waals surface area contributed by atoms with Gasteiger partial charge in [0.05, 0.1) is 13.0 Å². The molecular formula is C40H67ClO4. The summed E-state index contributed by atoms with van der Waals surface area (Å²) in [6, 6.07) is 7.89. The number of alkyl halides is 1. The van der Waals surface area contributed by atoms with Gasteiger partial charge in [0.15, 0.2) is 0 Å². The number of halogens is 1. The first kappa shape index (κ1) is 39.6. The van der Waals surface area contributed by atoms with E-state index in [4.69, 9.17) is 21.4 Å². The quantitative estimate of drug-likeness (QED) is 0.285. The largest absolute Gasteiger partial charge is 0.497 e. The summed E-state index contributed by atoms with van der Waals surface area (Å²) in [5, 5.41) is 9.52. The van der Waals surface area contributed by atoms with Gasteiger partial charge in [0.1, 0.15) is 11.5 Å². The van der Waals surface area contributed by atoms with Gasteiger partial charge in [-0.25, -0.2) is 0 Å². The van der Waals surface area contributed by atoms with Gasteiger partial charge in [-0.3, -0.25) is 9.59 Å². The molecule has 45 heavy (non-hydrogen) atoms. The SMILES string of the molecule is CC(C)[C@@H]1CC[C@@H](C)C[C@H]1C(=O)O.CC(C)[C@@H]1CC[C@@H](C)C[C@H]1Cl.COc1ccc(CC(=O)[C@@H]2C[C@H](C)CC[C@H]2C(C)C)cc1. The number of carbonyl (C=O) groups excluding carboxylic acids is 1. The van der Waals surface area contributed by atoms with Crippen LogP contribution in [0.4, 0.5) is 0 Å². The van der Waals surface area contributed by atoms with E-state index in [1.165, 1.54) is 38.5 Å². The van der Waals surface area contributed by atoms with Crippen molar-refractivity contribution in [2.24, 2.45) is 65.1 Å². The highest BCUT2D eigenvalue weighted by Crippen LogP contribution is 2.40. The fourth-order valence-electron chi connectivity index (χ4n) is 8.22. The second kappa shape index (κ2) is 19.3. The number of aliphatic carboxylic acids is 1. The van der Waals surface area contributed by atoms with Crippen molar-refractivity contribution < 1.29 is 19.4 Å². The third kappa shape index (κ3) is 12.9. The molecule has 1 aromatic rings. The van der Waals surface area contributed by atoms with Gasteiger partial charge in [0.2, 0.25) is 0 Å². The summed E-state index contributed by atoms with van der Waals surface area (Å²) >= 11 is 6.27. The lowest BCUT2D eigenvalue weighted by Crippen LogP contribution is -2.34. The molecule has 1 aromatic carbocycles. The normalized spacial score (nSPS) is 31.8. The average Bonchev–Trinajstić information content (AvgIpc) is 2.97. The molecular weight excluding hydrogens is 580 g/mol. The van der Waals surface area contributed by atoms with Crippen LogP contribution in [0.5, 0.6) is 5.75 Å². The van der Waals surface area contributed by atoms with Gasteiger partial charge in [0, 0.05) is 17.7 Å². The van der Waals surface area contributed by atoms with E-state index in [2.05, 4.69) is 62.3 Å². The van der Waals surface area contributed by atoms with Gasteiger partial charge >= 0.3 is 5.97 Å². The van der Waals surface area contributed by atoms with Crippen molar-refractivity contribution in [3.63, 3.8) is 0 Å². The zero-order valence-electron chi connectivity index (χ0n) is 30.4. The molecule has 0 aromatic heterocycles. The number of carboxylic acid groups (broad SMARTS) is 1. The lowest BCUT2D eigenvalue weighted by atomic mass is 9.68. The molecule has 4 rings (SSSR count). The van der Waals surface area contributed by atoms with Crippen molar-refractivity contribution in [1.82, 2.24) is 0 Å². The molecule has 0 radical (unpaired) electrons. The monoisotopic (exact) mass is 646 g/mol. The lowest BCUT2D eigenvalue weighted by molar-refractivity contribution is -0.146. The van der Waals surface area contributed by atoms with E-state index in [9.17, 15) is 9.59 Å². The molecule has 5 heteroatoms. The Hall–Kier alpha value is -1.55. The highest BCUT2D eigenvalue weighted by Gasteiger charge is 2.36. The van der Waals surface area contributed by atoms with Crippen LogP contribution in [0.3, 0.4) is 0 Å². The Morgan fingerprint density at radius 2 is 1.13 bits per heavy atom. The topological polar surface area (TPSA) is 63.6 Å². The van der Waals surface area contributed by atoms with Gasteiger partial charge in [-0.15, -0.1) is 11.6 Å². The van der Waals surface area contributed by atoms with Gasteiger partial charge < -0.3 is 9.84 Å². The minimum atomic E-state index is -0.592. The van der Waals surface area contributed by atoms with Gasteiger partial charge in [-0.05, 0) is 109 Å². The van der Waals surface area contributed by atoms with Crippen LogP contribution in [0.15, 0.2) is 24.3 Å². The number of methoxy groups -OCH3 is 1. The molecule has 258 valence electrons. The van der Waals surface area contributed by atoms with E-state index in [1.54, 1.807) is 7.11 Å². The Kier molecular flexibility index (Phi) is 17.0. The van der Waals surface area contributed by atoms with Gasteiger partial charge in [-0.2, -0.15) is 0 Å². The molecule has 9 atom stereocenters. The van der Waals surface area contributed by atoms with E-state index in [0.29, 0.717) is 53.1 Å². The second-order valence-corrected chi connectivity index (χ2v) is 16.6. The highest BCUT2D eigenvalue weighted by atomic mass is 35.5. The number of hydrogen-bond acceptors (Lipinski definition) is 3. The number of ether oxygens (including phenoxy) is 1. The molecule has 0 bridgehead atoms. The Labute approximate surface area is 281 Å². The maximum atomic E-state index is 12.8. The van der Waals surface area contributed by atoms with Crippen molar-refractivity contribution in [2.75, 3.05) is 7.11 Å². The highest BCUT2D eigenvalue weighted by molar-refractivity contribution is 6.20. The molecule has 0 spiro atoms. The minimum Gasteiger partial charge on any atom is -0.497 e. The number of hydrogen-bond donors (Lipinski definition) is 1. The molecule has 0 unspecified atom stereocenters. The third-order valence-electron chi connectivity index (χ3n) is 11.3. The summed E-state index contributed by atoms with van der Waals surface area (Å²) in [4.78, 5) is 23.8. The maximum Gasteiger partial charge on any atom is 0.306 e. The molecule has 3 fully saturated rings. The van der Waals surface area contributed by atoms with E-state index in [1.807, 2.05) is 24.3 Å². The molecule has 1 N–H and O–H groups in total. The van der Waals surface area contributed by atoms with Crippen LogP contribution < -0.4 is 4.74 Å². The second-order valence-electron chi connectivity index (χ2n) is 16.0. The predicted molar refractivity (Wildman–Crippen MR) is 190 cm³/mol. The molecule has 4 nitrogen and oxygen atoms in total. The van der Waals surface area contributed by atoms with Crippen LogP contribution in [0, 0.1) is 65.1 Å². The Morgan fingerprint density at radius 3 is 1.56 bits per heavy atom. The molecule has 0 amide bonds. The van der Waals surface area contributed by atoms with E-state index in [0.717, 1.165) is 48.3 Å². The Morgan fingerprint density at radius 1 is 0.711 bits per heavy atom. The Bertz CT molecular complexity index is 1000. The summed E-state index contributed by atoms with van der Waals surface area (Å²) in [6.45, 7) is 20.1. The zero-order chi connectivity index (χ0) is 33.8. The molecule has 3 aliphatic carbocycles. The van der Waals surface area contributed by atoms with Crippen molar-refractivity contribution in [1.29, 1.82) is 0 Å². The number of carbonyl (C=O) groups is 2. The first-order chi connectivity index (χ1) is 21.1. The number of carboxylic acids is 1. The molecule has 3 saturated carbocycles. The smallest absolute Gasteiger partial charge is 0.306 e. The number of Topliss-reactive ketones (excluding diaryl/α,β-unsaturated/α-hetero) is 1. The fourth-order valence-corrected chi connectivity index (χ4v) is 8.94. The van der Waals surface area contributed by atoms with Crippen LogP contribution >= 0.6 is 11.6 Å². The number of rotatable bonds is 8. The zero-order valence-corrected chi connectivity index (χ0v) is 31.1. The van der Waals surface area contributed by atoms with Crippen molar-refractivity contribution >= 4 is 23.4 Å². The van der Waals surface area contributed by atoms with E-state index in [-0.39, 0.29) is 11.8 Å². The predicted octanol–water partition coefficient (Wildman–Crippen LogP) is 11.0. The summed E-state index contributed by atoms with van der Waals surface area (Å²) in [7, 11) is 1.66. The minimum absolute atomic E-state index is 0.0938. The van der Waals surface area contributed by atoms with Crippen molar-refractivity contribution in [3.8, 4) is 5.75 Å². The standard InChI is InChI=1S/C19H28O2.C11H20O2.C10H19Cl/c1-13(2)17-10-5-14(3)11-18(17)19(20)12-15-6-8-16(21-4)9-7-15;1-7(2)9-5-4-8(3)6-10(9)11(12)13;1-7(2)9-5-4-8(3)6-10(9)11/h6-9,13-14,17-18H,5,10-12H2,1-4H3;7-10H,4-6H2,1-3H3,(H,12,13);7-10H,4-6H2,1-3H3/t14-,17+,18-;2*8-,9+,10-/m111/s1. The van der Waals surface area contributed by atoms with Crippen LogP contribution in [0.2, 0.25) is 0 Å². The van der Waals surface area contributed by atoms with Crippen LogP contribution in [0.25, 0.3) is 0 Å².